The summed E-state index contributed by atoms with van der Waals surface area (Å²) in [6.45, 7) is 6.64. The Hall–Kier alpha value is -1.51. The van der Waals surface area contributed by atoms with E-state index in [0.717, 1.165) is 11.3 Å². The third kappa shape index (κ3) is 3.27. The van der Waals surface area contributed by atoms with Crippen molar-refractivity contribution in [3.8, 4) is 0 Å². The second-order valence-corrected chi connectivity index (χ2v) is 3.57. The van der Waals surface area contributed by atoms with Crippen molar-refractivity contribution in [3.05, 3.63) is 29.3 Å². The number of carbonyl (C=O) groups is 1. The van der Waals surface area contributed by atoms with Crippen LogP contribution >= 0.6 is 0 Å². The van der Waals surface area contributed by atoms with Crippen LogP contribution in [-0.2, 0) is 11.3 Å². The molecule has 0 aliphatic carbocycles. The SMILES string of the molecule is CCC.Cc1ccc2c(c1)COC(=O)N2.[HH]. The van der Waals surface area contributed by atoms with Crippen LogP contribution < -0.4 is 5.32 Å². The second kappa shape index (κ2) is 5.39. The van der Waals surface area contributed by atoms with Crippen molar-refractivity contribution < 1.29 is 11.0 Å². The van der Waals surface area contributed by atoms with Crippen molar-refractivity contribution in [2.75, 3.05) is 5.32 Å². The lowest BCUT2D eigenvalue weighted by atomic mass is 10.1. The number of carbonyl (C=O) groups excluding carboxylic acids is 1. The smallest absolute Gasteiger partial charge is 0.411 e. The number of amides is 1. The predicted octanol–water partition coefficient (Wildman–Crippen LogP) is 3.72. The number of fused-ring (bicyclic) bond motifs is 1. The first-order valence-electron chi connectivity index (χ1n) is 5.20. The Bertz CT molecular complexity index is 353. The Balaban J connectivity index is 0.000000511. The molecule has 0 spiro atoms. The minimum atomic E-state index is -0.369. The fourth-order valence-corrected chi connectivity index (χ4v) is 1.25. The molecule has 1 aliphatic rings. The van der Waals surface area contributed by atoms with Crippen molar-refractivity contribution in [2.24, 2.45) is 0 Å². The van der Waals surface area contributed by atoms with Gasteiger partial charge in [-0.3, -0.25) is 5.32 Å². The summed E-state index contributed by atoms with van der Waals surface area (Å²) in [7, 11) is 0. The summed E-state index contributed by atoms with van der Waals surface area (Å²) in [5.41, 5.74) is 3.07. The van der Waals surface area contributed by atoms with Crippen molar-refractivity contribution in [3.63, 3.8) is 0 Å². The summed E-state index contributed by atoms with van der Waals surface area (Å²) in [4.78, 5) is 10.8. The highest BCUT2D eigenvalue weighted by Gasteiger charge is 2.14. The zero-order valence-electron chi connectivity index (χ0n) is 9.46. The number of hydrogen-bond donors (Lipinski definition) is 1. The first-order valence-corrected chi connectivity index (χ1v) is 5.20. The van der Waals surface area contributed by atoms with Gasteiger partial charge >= 0.3 is 6.09 Å². The summed E-state index contributed by atoms with van der Waals surface area (Å²) in [5, 5.41) is 2.63. The highest BCUT2D eigenvalue weighted by Crippen LogP contribution is 2.21. The summed E-state index contributed by atoms with van der Waals surface area (Å²) in [6.07, 6.45) is 0.881. The van der Waals surface area contributed by atoms with Gasteiger partial charge in [-0.05, 0) is 13.0 Å². The Morgan fingerprint density at radius 1 is 1.47 bits per heavy atom. The van der Waals surface area contributed by atoms with Gasteiger partial charge in [0.25, 0.3) is 0 Å². The van der Waals surface area contributed by atoms with E-state index in [2.05, 4.69) is 19.2 Å². The van der Waals surface area contributed by atoms with Gasteiger partial charge in [0.2, 0.25) is 0 Å². The molecule has 0 aromatic heterocycles. The number of cyclic esters (lactones) is 1. The van der Waals surface area contributed by atoms with Crippen molar-refractivity contribution in [2.45, 2.75) is 33.8 Å². The molecule has 2 rings (SSSR count). The van der Waals surface area contributed by atoms with Gasteiger partial charge in [0.15, 0.2) is 0 Å². The van der Waals surface area contributed by atoms with Crippen LogP contribution in [0.2, 0.25) is 0 Å². The summed E-state index contributed by atoms with van der Waals surface area (Å²) < 4.78 is 4.81. The number of ether oxygens (including phenoxy) is 1. The number of hydrogen-bond acceptors (Lipinski definition) is 2. The number of benzene rings is 1. The number of rotatable bonds is 0. The second-order valence-electron chi connectivity index (χ2n) is 3.57. The van der Waals surface area contributed by atoms with Gasteiger partial charge in [-0.25, -0.2) is 4.79 Å². The molecule has 0 saturated heterocycles. The molecule has 0 bridgehead atoms. The number of aryl methyl sites for hydroxylation is 1. The Morgan fingerprint density at radius 2 is 2.13 bits per heavy atom. The van der Waals surface area contributed by atoms with Gasteiger partial charge in [0.05, 0.1) is 5.69 Å². The Kier molecular flexibility index (Phi) is 4.16. The molecule has 3 heteroatoms. The Morgan fingerprint density at radius 3 is 2.80 bits per heavy atom. The van der Waals surface area contributed by atoms with E-state index < -0.39 is 0 Å². The largest absolute Gasteiger partial charge is 0.444 e. The van der Waals surface area contributed by atoms with Crippen molar-refractivity contribution >= 4 is 11.8 Å². The minimum absolute atomic E-state index is 0. The van der Waals surface area contributed by atoms with Crippen LogP contribution in [0.4, 0.5) is 10.5 Å². The molecule has 0 atom stereocenters. The summed E-state index contributed by atoms with van der Waals surface area (Å²) in [6, 6.07) is 5.87. The van der Waals surface area contributed by atoms with Crippen LogP contribution in [0.3, 0.4) is 0 Å². The molecule has 0 saturated carbocycles. The maximum absolute atomic E-state index is 10.8. The van der Waals surface area contributed by atoms with Gasteiger partial charge in [0, 0.05) is 6.99 Å². The van der Waals surface area contributed by atoms with Crippen molar-refractivity contribution in [1.29, 1.82) is 0 Å². The monoisotopic (exact) mass is 209 g/mol. The lowest BCUT2D eigenvalue weighted by Crippen LogP contribution is -2.20. The van der Waals surface area contributed by atoms with Gasteiger partial charge in [-0.1, -0.05) is 38.0 Å². The van der Waals surface area contributed by atoms with Crippen LogP contribution in [-0.4, -0.2) is 6.09 Å². The van der Waals surface area contributed by atoms with E-state index >= 15 is 0 Å². The van der Waals surface area contributed by atoms with Crippen LogP contribution in [0.5, 0.6) is 0 Å². The molecule has 3 nitrogen and oxygen atoms in total. The number of anilines is 1. The zero-order chi connectivity index (χ0) is 11.3. The third-order valence-electron chi connectivity index (χ3n) is 1.86. The van der Waals surface area contributed by atoms with Crippen LogP contribution in [0, 0.1) is 6.92 Å². The molecule has 0 unspecified atom stereocenters. The molecule has 1 N–H and O–H groups in total. The van der Waals surface area contributed by atoms with Crippen LogP contribution in [0.1, 0.15) is 32.8 Å². The van der Waals surface area contributed by atoms with Crippen LogP contribution in [0.15, 0.2) is 18.2 Å². The standard InChI is InChI=1S/C9H9NO2.C3H8.H2/c1-6-2-3-8-7(4-6)5-12-9(11)10-8;1-3-2;/h2-4H,5H2,1H3,(H,10,11);3H2,1-2H3;1H. The maximum atomic E-state index is 10.8. The molecule has 1 aliphatic heterocycles. The third-order valence-corrected chi connectivity index (χ3v) is 1.86. The molecule has 84 valence electrons. The van der Waals surface area contributed by atoms with Gasteiger partial charge < -0.3 is 4.74 Å². The molecule has 0 fully saturated rings. The molecule has 1 heterocycles. The molecule has 1 aromatic rings. The van der Waals surface area contributed by atoms with E-state index in [0.29, 0.717) is 6.61 Å². The highest BCUT2D eigenvalue weighted by atomic mass is 16.5. The normalized spacial score (nSPS) is 12.9. The van der Waals surface area contributed by atoms with Gasteiger partial charge in [-0.15, -0.1) is 0 Å². The van der Waals surface area contributed by atoms with Gasteiger partial charge in [-0.2, -0.15) is 0 Å². The molecule has 1 aromatic carbocycles. The zero-order valence-corrected chi connectivity index (χ0v) is 9.46. The number of nitrogens with one attached hydrogen (secondary N) is 1. The summed E-state index contributed by atoms with van der Waals surface area (Å²) in [5.74, 6) is 0. The molecular weight excluding hydrogens is 190 g/mol. The van der Waals surface area contributed by atoms with Crippen LogP contribution in [0.25, 0.3) is 0 Å². The van der Waals surface area contributed by atoms with Gasteiger partial charge in [0.1, 0.15) is 6.61 Å². The van der Waals surface area contributed by atoms with E-state index in [4.69, 9.17) is 4.74 Å². The molecular formula is C12H19NO2. The van der Waals surface area contributed by atoms with Crippen molar-refractivity contribution in [1.82, 2.24) is 0 Å². The average Bonchev–Trinajstić information content (AvgIpc) is 2.20. The first kappa shape index (κ1) is 11.6. The van der Waals surface area contributed by atoms with E-state index in [1.807, 2.05) is 25.1 Å². The Labute approximate surface area is 91.9 Å². The lowest BCUT2D eigenvalue weighted by molar-refractivity contribution is 0.151. The highest BCUT2D eigenvalue weighted by molar-refractivity contribution is 5.87. The average molecular weight is 209 g/mol. The molecule has 15 heavy (non-hydrogen) atoms. The van der Waals surface area contributed by atoms with E-state index in [1.54, 1.807) is 0 Å². The van der Waals surface area contributed by atoms with E-state index in [9.17, 15) is 4.79 Å². The minimum Gasteiger partial charge on any atom is -0.444 e. The predicted molar refractivity (Wildman–Crippen MR) is 63.1 cm³/mol. The maximum Gasteiger partial charge on any atom is 0.411 e. The quantitative estimate of drug-likeness (QED) is 0.707. The fraction of sp³-hybridized carbons (Fsp3) is 0.417. The van der Waals surface area contributed by atoms with E-state index in [-0.39, 0.29) is 7.52 Å². The fourth-order valence-electron chi connectivity index (χ4n) is 1.25. The topological polar surface area (TPSA) is 38.3 Å². The summed E-state index contributed by atoms with van der Waals surface area (Å²) >= 11 is 0. The molecule has 1 amide bonds. The first-order chi connectivity index (χ1) is 7.17. The van der Waals surface area contributed by atoms with E-state index in [1.165, 1.54) is 12.0 Å². The lowest BCUT2D eigenvalue weighted by Gasteiger charge is -2.17. The molecule has 0 radical (unpaired) electrons.